The van der Waals surface area contributed by atoms with E-state index in [-0.39, 0.29) is 0 Å². The van der Waals surface area contributed by atoms with Crippen molar-refractivity contribution < 1.29 is 0 Å². The molecule has 1 atom stereocenters. The lowest BCUT2D eigenvalue weighted by Gasteiger charge is -2.48. The van der Waals surface area contributed by atoms with Crippen LogP contribution in [0.25, 0.3) is 0 Å². The number of rotatable bonds is 2. The van der Waals surface area contributed by atoms with Crippen LogP contribution in [-0.4, -0.2) is 24.0 Å². The second-order valence-corrected chi connectivity index (χ2v) is 4.28. The van der Waals surface area contributed by atoms with Crippen LogP contribution in [0.15, 0.2) is 0 Å². The maximum atomic E-state index is 8.46. The first-order chi connectivity index (χ1) is 5.05. The van der Waals surface area contributed by atoms with Crippen LogP contribution in [0.2, 0.25) is 0 Å². The summed E-state index contributed by atoms with van der Waals surface area (Å²) in [5, 5.41) is 8.46. The largest absolute Gasteiger partial charge is 0.298 e. The van der Waals surface area contributed by atoms with Crippen molar-refractivity contribution >= 4 is 0 Å². The SMILES string of the molecule is CC(CC#N)N1CC(C)(C)C1. The minimum absolute atomic E-state index is 0.452. The Labute approximate surface area is 68.8 Å². The highest BCUT2D eigenvalue weighted by Crippen LogP contribution is 2.30. The lowest BCUT2D eigenvalue weighted by atomic mass is 9.83. The molecule has 62 valence electrons. The predicted octanol–water partition coefficient (Wildman–Crippen LogP) is 1.63. The average Bonchev–Trinajstić information content (AvgIpc) is 1.83. The summed E-state index contributed by atoms with van der Waals surface area (Å²) >= 11 is 0. The molecule has 0 radical (unpaired) electrons. The van der Waals surface area contributed by atoms with E-state index in [0.717, 1.165) is 13.1 Å². The van der Waals surface area contributed by atoms with Gasteiger partial charge in [0.2, 0.25) is 0 Å². The Bertz CT molecular complexity index is 170. The summed E-state index contributed by atoms with van der Waals surface area (Å²) in [6.07, 6.45) is 0.663. The van der Waals surface area contributed by atoms with Gasteiger partial charge < -0.3 is 0 Å². The fourth-order valence-corrected chi connectivity index (χ4v) is 1.63. The van der Waals surface area contributed by atoms with Crippen LogP contribution in [0.1, 0.15) is 27.2 Å². The minimum atomic E-state index is 0.452. The second-order valence-electron chi connectivity index (χ2n) is 4.28. The van der Waals surface area contributed by atoms with Gasteiger partial charge in [0.05, 0.1) is 12.5 Å². The summed E-state index contributed by atoms with van der Waals surface area (Å²) in [5.74, 6) is 0. The Hall–Kier alpha value is -0.550. The topological polar surface area (TPSA) is 27.0 Å². The van der Waals surface area contributed by atoms with Crippen LogP contribution in [0.4, 0.5) is 0 Å². The Morgan fingerprint density at radius 2 is 2.09 bits per heavy atom. The van der Waals surface area contributed by atoms with Crippen molar-refractivity contribution in [3.8, 4) is 6.07 Å². The van der Waals surface area contributed by atoms with Crippen LogP contribution in [-0.2, 0) is 0 Å². The van der Waals surface area contributed by atoms with Crippen molar-refractivity contribution in [1.29, 1.82) is 5.26 Å². The molecule has 1 aliphatic rings. The van der Waals surface area contributed by atoms with Crippen LogP contribution >= 0.6 is 0 Å². The summed E-state index contributed by atoms with van der Waals surface area (Å²) in [7, 11) is 0. The Balaban J connectivity index is 2.27. The number of likely N-dealkylation sites (tertiary alicyclic amines) is 1. The van der Waals surface area contributed by atoms with Crippen LogP contribution in [0.3, 0.4) is 0 Å². The first-order valence-corrected chi connectivity index (χ1v) is 4.16. The van der Waals surface area contributed by atoms with Crippen molar-refractivity contribution in [1.82, 2.24) is 4.90 Å². The molecule has 0 aromatic rings. The minimum Gasteiger partial charge on any atom is -0.298 e. The maximum Gasteiger partial charge on any atom is 0.0638 e. The fourth-order valence-electron chi connectivity index (χ4n) is 1.63. The van der Waals surface area contributed by atoms with Gasteiger partial charge in [-0.1, -0.05) is 13.8 Å². The zero-order chi connectivity index (χ0) is 8.48. The zero-order valence-corrected chi connectivity index (χ0v) is 7.59. The molecule has 0 amide bonds. The fraction of sp³-hybridized carbons (Fsp3) is 0.889. The zero-order valence-electron chi connectivity index (χ0n) is 7.59. The molecule has 1 rings (SSSR count). The van der Waals surface area contributed by atoms with Gasteiger partial charge in [0.15, 0.2) is 0 Å². The van der Waals surface area contributed by atoms with Gasteiger partial charge in [0, 0.05) is 19.1 Å². The molecule has 11 heavy (non-hydrogen) atoms. The molecule has 0 bridgehead atoms. The van der Waals surface area contributed by atoms with E-state index in [2.05, 4.69) is 31.7 Å². The molecule has 0 aliphatic carbocycles. The molecule has 2 heteroatoms. The highest BCUT2D eigenvalue weighted by Gasteiger charge is 2.36. The summed E-state index contributed by atoms with van der Waals surface area (Å²) in [6, 6.07) is 2.65. The number of hydrogen-bond donors (Lipinski definition) is 0. The normalized spacial score (nSPS) is 25.3. The van der Waals surface area contributed by atoms with Gasteiger partial charge in [-0.3, -0.25) is 4.90 Å². The van der Waals surface area contributed by atoms with E-state index < -0.39 is 0 Å². The lowest BCUT2D eigenvalue weighted by molar-refractivity contribution is 0.00139. The van der Waals surface area contributed by atoms with E-state index in [1.54, 1.807) is 0 Å². The summed E-state index contributed by atoms with van der Waals surface area (Å²) in [4.78, 5) is 2.36. The summed E-state index contributed by atoms with van der Waals surface area (Å²) < 4.78 is 0. The van der Waals surface area contributed by atoms with E-state index >= 15 is 0 Å². The van der Waals surface area contributed by atoms with Crippen molar-refractivity contribution in [3.63, 3.8) is 0 Å². The molecule has 0 N–H and O–H groups in total. The molecule has 1 saturated heterocycles. The van der Waals surface area contributed by atoms with E-state index in [1.165, 1.54) is 0 Å². The Kier molecular flexibility index (Phi) is 2.20. The molecule has 1 heterocycles. The summed E-state index contributed by atoms with van der Waals surface area (Å²) in [5.41, 5.74) is 0.490. The third-order valence-electron chi connectivity index (χ3n) is 2.27. The first-order valence-electron chi connectivity index (χ1n) is 4.16. The van der Waals surface area contributed by atoms with E-state index in [4.69, 9.17) is 5.26 Å². The molecular weight excluding hydrogens is 136 g/mol. The highest BCUT2D eigenvalue weighted by atomic mass is 15.2. The van der Waals surface area contributed by atoms with Crippen molar-refractivity contribution in [2.24, 2.45) is 5.41 Å². The van der Waals surface area contributed by atoms with Gasteiger partial charge in [0.25, 0.3) is 0 Å². The molecule has 1 aliphatic heterocycles. The molecule has 1 fully saturated rings. The third-order valence-corrected chi connectivity index (χ3v) is 2.27. The van der Waals surface area contributed by atoms with E-state index in [1.807, 2.05) is 0 Å². The molecule has 0 spiro atoms. The third kappa shape index (κ3) is 1.94. The first kappa shape index (κ1) is 8.55. The van der Waals surface area contributed by atoms with Crippen molar-refractivity contribution in [3.05, 3.63) is 0 Å². The van der Waals surface area contributed by atoms with Gasteiger partial charge in [-0.15, -0.1) is 0 Å². The second kappa shape index (κ2) is 2.83. The van der Waals surface area contributed by atoms with Crippen LogP contribution in [0.5, 0.6) is 0 Å². The quantitative estimate of drug-likeness (QED) is 0.601. The molecule has 1 unspecified atom stereocenters. The number of nitriles is 1. The average molecular weight is 152 g/mol. The van der Waals surface area contributed by atoms with Gasteiger partial charge in [-0.25, -0.2) is 0 Å². The van der Waals surface area contributed by atoms with E-state index in [0.29, 0.717) is 17.9 Å². The Morgan fingerprint density at radius 3 is 2.45 bits per heavy atom. The standard InChI is InChI=1S/C9H16N2/c1-8(4-5-10)11-6-9(2,3)7-11/h8H,4,6-7H2,1-3H3. The molecule has 0 saturated carbocycles. The molecule has 0 aromatic carbocycles. The Morgan fingerprint density at radius 1 is 1.55 bits per heavy atom. The van der Waals surface area contributed by atoms with Crippen molar-refractivity contribution in [2.45, 2.75) is 33.2 Å². The van der Waals surface area contributed by atoms with Gasteiger partial charge in [-0.05, 0) is 12.3 Å². The van der Waals surface area contributed by atoms with Gasteiger partial charge >= 0.3 is 0 Å². The van der Waals surface area contributed by atoms with Crippen LogP contribution < -0.4 is 0 Å². The molecule has 2 nitrogen and oxygen atoms in total. The summed E-state index contributed by atoms with van der Waals surface area (Å²) in [6.45, 7) is 8.95. The van der Waals surface area contributed by atoms with Gasteiger partial charge in [-0.2, -0.15) is 5.26 Å². The maximum absolute atomic E-state index is 8.46. The van der Waals surface area contributed by atoms with Crippen molar-refractivity contribution in [2.75, 3.05) is 13.1 Å². The molecule has 0 aromatic heterocycles. The number of hydrogen-bond acceptors (Lipinski definition) is 2. The molecular formula is C9H16N2. The lowest BCUT2D eigenvalue weighted by Crippen LogP contribution is -2.56. The number of nitrogens with zero attached hydrogens (tertiary/aromatic N) is 2. The van der Waals surface area contributed by atoms with Crippen LogP contribution in [0, 0.1) is 16.7 Å². The predicted molar refractivity (Wildman–Crippen MR) is 45.0 cm³/mol. The van der Waals surface area contributed by atoms with E-state index in [9.17, 15) is 0 Å². The van der Waals surface area contributed by atoms with Gasteiger partial charge in [0.1, 0.15) is 0 Å². The highest BCUT2D eigenvalue weighted by molar-refractivity contribution is 4.92. The monoisotopic (exact) mass is 152 g/mol. The smallest absolute Gasteiger partial charge is 0.0638 e.